The van der Waals surface area contributed by atoms with Crippen LogP contribution < -0.4 is 0 Å². The Morgan fingerprint density at radius 2 is 1.75 bits per heavy atom. The Morgan fingerprint density at radius 3 is 2.08 bits per heavy atom. The Bertz CT molecular complexity index is 99.2. The Morgan fingerprint density at radius 1 is 1.17 bits per heavy atom. The predicted molar refractivity (Wildman–Crippen MR) is 54.2 cm³/mol. The van der Waals surface area contributed by atoms with E-state index in [1.165, 1.54) is 12.8 Å². The molecule has 1 aliphatic rings. The maximum Gasteiger partial charge on any atom is 0.0543 e. The van der Waals surface area contributed by atoms with E-state index in [9.17, 15) is 5.11 Å². The third kappa shape index (κ3) is 4.10. The molecule has 0 aromatic heterocycles. The molecule has 2 unspecified atom stereocenters. The van der Waals surface area contributed by atoms with Crippen molar-refractivity contribution in [3.8, 4) is 0 Å². The summed E-state index contributed by atoms with van der Waals surface area (Å²) in [6, 6.07) is 0. The van der Waals surface area contributed by atoms with Crippen LogP contribution in [0.2, 0.25) is 0 Å². The van der Waals surface area contributed by atoms with E-state index >= 15 is 0 Å². The van der Waals surface area contributed by atoms with E-state index in [1.807, 2.05) is 13.8 Å². The van der Waals surface area contributed by atoms with Crippen LogP contribution in [-0.4, -0.2) is 11.2 Å². The van der Waals surface area contributed by atoms with Gasteiger partial charge < -0.3 is 5.11 Å². The molecule has 1 aliphatic carbocycles. The molecule has 1 N–H and O–H groups in total. The summed E-state index contributed by atoms with van der Waals surface area (Å²) >= 11 is 0. The summed E-state index contributed by atoms with van der Waals surface area (Å²) in [6.07, 6.45) is 4.63. The highest BCUT2D eigenvalue weighted by atomic mass is 16.3. The van der Waals surface area contributed by atoms with E-state index in [2.05, 4.69) is 13.8 Å². The van der Waals surface area contributed by atoms with Crippen LogP contribution in [0.25, 0.3) is 0 Å². The fraction of sp³-hybridized carbons (Fsp3) is 1.00. The van der Waals surface area contributed by atoms with Gasteiger partial charge in [0.1, 0.15) is 0 Å². The Kier molecular flexibility index (Phi) is 6.45. The highest BCUT2D eigenvalue weighted by Crippen LogP contribution is 2.29. The van der Waals surface area contributed by atoms with Gasteiger partial charge in [0.25, 0.3) is 0 Å². The highest BCUT2D eigenvalue weighted by molar-refractivity contribution is 4.73. The van der Waals surface area contributed by atoms with E-state index in [0.29, 0.717) is 0 Å². The van der Waals surface area contributed by atoms with Crippen LogP contribution in [0.4, 0.5) is 0 Å². The maximum atomic E-state index is 9.33. The summed E-state index contributed by atoms with van der Waals surface area (Å²) in [7, 11) is 0. The SMILES string of the molecule is CC.CC(C)C1CCCC(O)C1. The van der Waals surface area contributed by atoms with Gasteiger partial charge >= 0.3 is 0 Å². The van der Waals surface area contributed by atoms with Gasteiger partial charge in [-0.3, -0.25) is 0 Å². The minimum Gasteiger partial charge on any atom is -0.393 e. The second-order valence-electron chi connectivity index (χ2n) is 3.82. The molecule has 1 nitrogen and oxygen atoms in total. The number of hydrogen-bond acceptors (Lipinski definition) is 1. The number of hydrogen-bond donors (Lipinski definition) is 1. The normalized spacial score (nSPS) is 29.5. The first kappa shape index (κ1) is 12.0. The summed E-state index contributed by atoms with van der Waals surface area (Å²) in [5.41, 5.74) is 0. The predicted octanol–water partition coefficient (Wildman–Crippen LogP) is 3.22. The molecular formula is C11H24O. The summed E-state index contributed by atoms with van der Waals surface area (Å²) in [5, 5.41) is 9.33. The van der Waals surface area contributed by atoms with Crippen molar-refractivity contribution in [3.05, 3.63) is 0 Å². The number of aliphatic hydroxyl groups excluding tert-OH is 1. The monoisotopic (exact) mass is 172 g/mol. The minimum absolute atomic E-state index is 0.00106. The van der Waals surface area contributed by atoms with Gasteiger partial charge in [0, 0.05) is 0 Å². The summed E-state index contributed by atoms with van der Waals surface area (Å²) < 4.78 is 0. The molecule has 0 spiro atoms. The van der Waals surface area contributed by atoms with Gasteiger partial charge in [0.15, 0.2) is 0 Å². The molecule has 2 atom stereocenters. The van der Waals surface area contributed by atoms with Gasteiger partial charge in [0.05, 0.1) is 6.10 Å². The van der Waals surface area contributed by atoms with Gasteiger partial charge in [-0.25, -0.2) is 0 Å². The van der Waals surface area contributed by atoms with Crippen LogP contribution in [0.5, 0.6) is 0 Å². The van der Waals surface area contributed by atoms with E-state index < -0.39 is 0 Å². The molecule has 1 saturated carbocycles. The fourth-order valence-electron chi connectivity index (χ4n) is 1.81. The molecule has 0 aromatic rings. The van der Waals surface area contributed by atoms with Gasteiger partial charge in [-0.1, -0.05) is 40.5 Å². The minimum atomic E-state index is 0.00106. The zero-order valence-corrected chi connectivity index (χ0v) is 9.01. The van der Waals surface area contributed by atoms with E-state index in [4.69, 9.17) is 0 Å². The molecule has 0 heterocycles. The smallest absolute Gasteiger partial charge is 0.0543 e. The molecule has 1 fully saturated rings. The van der Waals surface area contributed by atoms with Crippen LogP contribution in [-0.2, 0) is 0 Å². The van der Waals surface area contributed by atoms with Crippen molar-refractivity contribution in [2.45, 2.75) is 59.5 Å². The molecule has 74 valence electrons. The fourth-order valence-corrected chi connectivity index (χ4v) is 1.81. The van der Waals surface area contributed by atoms with E-state index in [0.717, 1.165) is 24.7 Å². The quantitative estimate of drug-likeness (QED) is 0.644. The molecular weight excluding hydrogens is 148 g/mol. The van der Waals surface area contributed by atoms with Gasteiger partial charge in [-0.05, 0) is 24.7 Å². The molecule has 12 heavy (non-hydrogen) atoms. The van der Waals surface area contributed by atoms with Crippen molar-refractivity contribution in [1.29, 1.82) is 0 Å². The van der Waals surface area contributed by atoms with Gasteiger partial charge in [-0.15, -0.1) is 0 Å². The van der Waals surface area contributed by atoms with Crippen molar-refractivity contribution in [2.75, 3.05) is 0 Å². The average molecular weight is 172 g/mol. The van der Waals surface area contributed by atoms with E-state index in [-0.39, 0.29) is 6.10 Å². The first-order chi connectivity index (χ1) is 5.70. The average Bonchev–Trinajstić information content (AvgIpc) is 2.08. The Balaban J connectivity index is 0.000000561. The standard InChI is InChI=1S/C9H18O.C2H6/c1-7(2)8-4-3-5-9(10)6-8;1-2/h7-10H,3-6H2,1-2H3;1-2H3. The summed E-state index contributed by atoms with van der Waals surface area (Å²) in [6.45, 7) is 8.51. The second-order valence-corrected chi connectivity index (χ2v) is 3.82. The van der Waals surface area contributed by atoms with Crippen LogP contribution in [0, 0.1) is 11.8 Å². The Labute approximate surface area is 77.2 Å². The van der Waals surface area contributed by atoms with Crippen molar-refractivity contribution in [3.63, 3.8) is 0 Å². The number of aliphatic hydroxyl groups is 1. The topological polar surface area (TPSA) is 20.2 Å². The first-order valence-corrected chi connectivity index (χ1v) is 5.38. The third-order valence-corrected chi connectivity index (χ3v) is 2.63. The molecule has 0 radical (unpaired) electrons. The zero-order valence-electron chi connectivity index (χ0n) is 9.01. The lowest BCUT2D eigenvalue weighted by Crippen LogP contribution is -2.22. The van der Waals surface area contributed by atoms with Crippen LogP contribution in [0.1, 0.15) is 53.4 Å². The molecule has 1 heteroatoms. The lowest BCUT2D eigenvalue weighted by molar-refractivity contribution is 0.0858. The van der Waals surface area contributed by atoms with Gasteiger partial charge in [0.2, 0.25) is 0 Å². The number of rotatable bonds is 1. The van der Waals surface area contributed by atoms with Crippen molar-refractivity contribution in [2.24, 2.45) is 11.8 Å². The lowest BCUT2D eigenvalue weighted by Gasteiger charge is -2.28. The largest absolute Gasteiger partial charge is 0.393 e. The molecule has 0 aliphatic heterocycles. The van der Waals surface area contributed by atoms with Crippen LogP contribution >= 0.6 is 0 Å². The summed E-state index contributed by atoms with van der Waals surface area (Å²) in [5.74, 6) is 1.54. The Hall–Kier alpha value is -0.0400. The summed E-state index contributed by atoms with van der Waals surface area (Å²) in [4.78, 5) is 0. The first-order valence-electron chi connectivity index (χ1n) is 5.38. The molecule has 0 bridgehead atoms. The van der Waals surface area contributed by atoms with E-state index in [1.54, 1.807) is 0 Å². The third-order valence-electron chi connectivity index (χ3n) is 2.63. The van der Waals surface area contributed by atoms with Crippen LogP contribution in [0.15, 0.2) is 0 Å². The maximum absolute atomic E-state index is 9.33. The zero-order chi connectivity index (χ0) is 9.56. The highest BCUT2D eigenvalue weighted by Gasteiger charge is 2.21. The molecule has 0 aromatic carbocycles. The van der Waals surface area contributed by atoms with Crippen molar-refractivity contribution >= 4 is 0 Å². The second kappa shape index (κ2) is 6.47. The van der Waals surface area contributed by atoms with Gasteiger partial charge in [-0.2, -0.15) is 0 Å². The van der Waals surface area contributed by atoms with Crippen LogP contribution in [0.3, 0.4) is 0 Å². The molecule has 1 rings (SSSR count). The van der Waals surface area contributed by atoms with Crippen molar-refractivity contribution in [1.82, 2.24) is 0 Å². The molecule has 0 amide bonds. The lowest BCUT2D eigenvalue weighted by atomic mass is 9.80. The van der Waals surface area contributed by atoms with Crippen molar-refractivity contribution < 1.29 is 5.11 Å². The molecule has 0 saturated heterocycles.